The highest BCUT2D eigenvalue weighted by Gasteiger charge is 2.42. The third-order valence-corrected chi connectivity index (χ3v) is 3.04. The summed E-state index contributed by atoms with van der Waals surface area (Å²) in [4.78, 5) is 0. The normalized spacial score (nSPS) is 19.6. The van der Waals surface area contributed by atoms with Crippen molar-refractivity contribution >= 4 is 0 Å². The van der Waals surface area contributed by atoms with Gasteiger partial charge in [-0.3, -0.25) is 0 Å². The van der Waals surface area contributed by atoms with Gasteiger partial charge in [-0.05, 0) is 18.3 Å². The molecule has 13 heavy (non-hydrogen) atoms. The fourth-order valence-electron chi connectivity index (χ4n) is 1.67. The fourth-order valence-corrected chi connectivity index (χ4v) is 1.67. The van der Waals surface area contributed by atoms with E-state index in [-0.39, 0.29) is 18.3 Å². The molecule has 80 valence electrons. The summed E-state index contributed by atoms with van der Waals surface area (Å²) in [5.41, 5.74) is 0. The summed E-state index contributed by atoms with van der Waals surface area (Å²) < 4.78 is 37.4. The summed E-state index contributed by atoms with van der Waals surface area (Å²) in [7, 11) is 0. The van der Waals surface area contributed by atoms with Crippen molar-refractivity contribution in [2.75, 3.05) is 0 Å². The first-order chi connectivity index (χ1) is 5.84. The molecule has 0 amide bonds. The van der Waals surface area contributed by atoms with E-state index in [0.29, 0.717) is 0 Å². The molecule has 0 aliphatic heterocycles. The first-order valence-corrected chi connectivity index (χ1v) is 4.91. The predicted molar refractivity (Wildman–Crippen MR) is 48.5 cm³/mol. The zero-order chi connectivity index (χ0) is 10.6. The number of hydrogen-bond donors (Lipinski definition) is 0. The largest absolute Gasteiger partial charge is 0.392 e. The van der Waals surface area contributed by atoms with Crippen LogP contribution < -0.4 is 0 Å². The molecule has 0 nitrogen and oxygen atoms in total. The van der Waals surface area contributed by atoms with Crippen LogP contribution in [0.3, 0.4) is 0 Å². The maximum absolute atomic E-state index is 12.5. The highest BCUT2D eigenvalue weighted by Crippen LogP contribution is 2.38. The Bertz CT molecular complexity index is 140. The first-order valence-electron chi connectivity index (χ1n) is 4.91. The molecule has 0 heterocycles. The molecule has 0 aromatic carbocycles. The molecule has 3 atom stereocenters. The van der Waals surface area contributed by atoms with Crippen molar-refractivity contribution in [3.05, 3.63) is 0 Å². The molecule has 0 saturated carbocycles. The van der Waals surface area contributed by atoms with Gasteiger partial charge in [-0.25, -0.2) is 0 Å². The van der Waals surface area contributed by atoms with Gasteiger partial charge in [-0.15, -0.1) is 0 Å². The van der Waals surface area contributed by atoms with Gasteiger partial charge in [0, 0.05) is 0 Å². The predicted octanol–water partition coefficient (Wildman–Crippen LogP) is 4.26. The maximum atomic E-state index is 12.5. The van der Waals surface area contributed by atoms with Gasteiger partial charge in [0.05, 0.1) is 5.92 Å². The van der Waals surface area contributed by atoms with Gasteiger partial charge < -0.3 is 0 Å². The summed E-state index contributed by atoms with van der Waals surface area (Å²) >= 11 is 0. The summed E-state index contributed by atoms with van der Waals surface area (Å²) in [6.07, 6.45) is -3.03. The minimum Gasteiger partial charge on any atom is -0.171 e. The van der Waals surface area contributed by atoms with Crippen LogP contribution in [0.2, 0.25) is 0 Å². The van der Waals surface area contributed by atoms with Crippen LogP contribution in [0.4, 0.5) is 13.2 Å². The van der Waals surface area contributed by atoms with Crippen molar-refractivity contribution in [3.8, 4) is 0 Å². The highest BCUT2D eigenvalue weighted by molar-refractivity contribution is 4.75. The number of rotatable bonds is 4. The van der Waals surface area contributed by atoms with E-state index >= 15 is 0 Å². The Hall–Kier alpha value is -0.210. The van der Waals surface area contributed by atoms with Gasteiger partial charge in [-0.1, -0.05) is 34.1 Å². The lowest BCUT2D eigenvalue weighted by molar-refractivity contribution is -0.192. The SMILES string of the molecule is CCC(C)[C@H](C)[C@H](CC)C(F)(F)F. The molecule has 0 saturated heterocycles. The topological polar surface area (TPSA) is 0 Å². The molecular weight excluding hydrogens is 177 g/mol. The molecule has 0 N–H and O–H groups in total. The summed E-state index contributed by atoms with van der Waals surface area (Å²) in [5, 5.41) is 0. The zero-order valence-corrected chi connectivity index (χ0v) is 8.78. The van der Waals surface area contributed by atoms with Crippen molar-refractivity contribution in [1.29, 1.82) is 0 Å². The number of alkyl halides is 3. The molecule has 0 aromatic rings. The lowest BCUT2D eigenvalue weighted by Gasteiger charge is -2.29. The number of hydrogen-bond acceptors (Lipinski definition) is 0. The minimum atomic E-state index is -4.03. The van der Waals surface area contributed by atoms with Crippen molar-refractivity contribution < 1.29 is 13.2 Å². The average Bonchev–Trinajstić information content (AvgIpc) is 2.01. The molecule has 0 radical (unpaired) electrons. The molecule has 1 unspecified atom stereocenters. The lowest BCUT2D eigenvalue weighted by atomic mass is 9.81. The molecule has 0 aliphatic rings. The summed E-state index contributed by atoms with van der Waals surface area (Å²) in [6.45, 7) is 7.14. The summed E-state index contributed by atoms with van der Waals surface area (Å²) in [5.74, 6) is -1.26. The maximum Gasteiger partial charge on any atom is 0.392 e. The fraction of sp³-hybridized carbons (Fsp3) is 1.00. The number of halogens is 3. The van der Waals surface area contributed by atoms with Crippen LogP contribution in [-0.4, -0.2) is 6.18 Å². The quantitative estimate of drug-likeness (QED) is 0.630. The lowest BCUT2D eigenvalue weighted by Crippen LogP contribution is -2.31. The summed E-state index contributed by atoms with van der Waals surface area (Å²) in [6, 6.07) is 0. The van der Waals surface area contributed by atoms with E-state index in [1.807, 2.05) is 13.8 Å². The standard InChI is InChI=1S/C10H19F3/c1-5-7(3)8(4)9(6-2)10(11,12)13/h7-9H,5-6H2,1-4H3/t7?,8-,9-/m0/s1. The Balaban J connectivity index is 4.40. The van der Waals surface area contributed by atoms with Crippen LogP contribution in [0, 0.1) is 17.8 Å². The van der Waals surface area contributed by atoms with E-state index in [4.69, 9.17) is 0 Å². The van der Waals surface area contributed by atoms with E-state index in [1.165, 1.54) is 0 Å². The van der Waals surface area contributed by atoms with Crippen LogP contribution in [0.25, 0.3) is 0 Å². The van der Waals surface area contributed by atoms with Gasteiger partial charge >= 0.3 is 6.18 Å². The molecule has 0 aromatic heterocycles. The second-order valence-corrected chi connectivity index (χ2v) is 3.80. The van der Waals surface area contributed by atoms with Gasteiger partial charge in [0.2, 0.25) is 0 Å². The Morgan fingerprint density at radius 2 is 1.46 bits per heavy atom. The van der Waals surface area contributed by atoms with Crippen LogP contribution >= 0.6 is 0 Å². The van der Waals surface area contributed by atoms with Crippen LogP contribution in [0.1, 0.15) is 40.5 Å². The van der Waals surface area contributed by atoms with Crippen LogP contribution in [0.15, 0.2) is 0 Å². The van der Waals surface area contributed by atoms with Crippen LogP contribution in [-0.2, 0) is 0 Å². The van der Waals surface area contributed by atoms with E-state index < -0.39 is 12.1 Å². The third kappa shape index (κ3) is 3.57. The Labute approximate surface area is 78.5 Å². The van der Waals surface area contributed by atoms with Gasteiger partial charge in [0.1, 0.15) is 0 Å². The van der Waals surface area contributed by atoms with E-state index in [2.05, 4.69) is 0 Å². The zero-order valence-electron chi connectivity index (χ0n) is 8.78. The first kappa shape index (κ1) is 12.8. The Morgan fingerprint density at radius 1 is 1.00 bits per heavy atom. The van der Waals surface area contributed by atoms with Crippen molar-refractivity contribution in [2.24, 2.45) is 17.8 Å². The highest BCUT2D eigenvalue weighted by atomic mass is 19.4. The molecular formula is C10H19F3. The van der Waals surface area contributed by atoms with Crippen molar-refractivity contribution in [3.63, 3.8) is 0 Å². The molecule has 0 aliphatic carbocycles. The van der Waals surface area contributed by atoms with Crippen molar-refractivity contribution in [2.45, 2.75) is 46.7 Å². The monoisotopic (exact) mass is 196 g/mol. The third-order valence-electron chi connectivity index (χ3n) is 3.04. The van der Waals surface area contributed by atoms with Gasteiger partial charge in [-0.2, -0.15) is 13.2 Å². The Kier molecular flexibility index (Phi) is 4.79. The van der Waals surface area contributed by atoms with E-state index in [0.717, 1.165) is 6.42 Å². The molecule has 0 rings (SSSR count). The second-order valence-electron chi connectivity index (χ2n) is 3.80. The molecule has 0 spiro atoms. The molecule has 3 heteroatoms. The smallest absolute Gasteiger partial charge is 0.171 e. The van der Waals surface area contributed by atoms with E-state index in [1.54, 1.807) is 13.8 Å². The van der Waals surface area contributed by atoms with Crippen molar-refractivity contribution in [1.82, 2.24) is 0 Å². The second kappa shape index (κ2) is 4.87. The van der Waals surface area contributed by atoms with E-state index in [9.17, 15) is 13.2 Å². The average molecular weight is 196 g/mol. The van der Waals surface area contributed by atoms with Gasteiger partial charge in [0.25, 0.3) is 0 Å². The minimum absolute atomic E-state index is 0.145. The molecule has 0 fully saturated rings. The molecule has 0 bridgehead atoms. The van der Waals surface area contributed by atoms with Crippen LogP contribution in [0.5, 0.6) is 0 Å². The van der Waals surface area contributed by atoms with Gasteiger partial charge in [0.15, 0.2) is 0 Å². The Morgan fingerprint density at radius 3 is 1.69 bits per heavy atom.